The molecule has 0 aromatic rings. The Morgan fingerprint density at radius 3 is 1.87 bits per heavy atom. The molecule has 0 spiro atoms. The van der Waals surface area contributed by atoms with E-state index in [0.717, 1.165) is 4.20 Å². The van der Waals surface area contributed by atoms with Gasteiger partial charge in [-0.3, -0.25) is 0 Å². The van der Waals surface area contributed by atoms with Gasteiger partial charge in [0.05, 0.1) is 0 Å². The fourth-order valence-electron chi connectivity index (χ4n) is 1.47. The minimum Gasteiger partial charge on any atom is -0.119 e. The maximum Gasteiger partial charge on any atom is 0.0447 e. The summed E-state index contributed by atoms with van der Waals surface area (Å²) in [6, 6.07) is 0. The molecule has 0 aromatic carbocycles. The number of hydrogen-bond donors (Lipinski definition) is 0. The highest BCUT2D eigenvalue weighted by Gasteiger charge is 1.93. The normalized spacial score (nSPS) is 10.5. The summed E-state index contributed by atoms with van der Waals surface area (Å²) in [5.74, 6) is 1.22. The van der Waals surface area contributed by atoms with Gasteiger partial charge in [-0.25, -0.2) is 0 Å². The molecule has 0 aliphatic heterocycles. The molecule has 0 saturated carbocycles. The molecule has 15 heavy (non-hydrogen) atoms. The number of halogens is 1. The highest BCUT2D eigenvalue weighted by atomic mass is 79.9. The molecule has 0 bridgehead atoms. The van der Waals surface area contributed by atoms with Gasteiger partial charge >= 0.3 is 0 Å². The van der Waals surface area contributed by atoms with Crippen LogP contribution < -0.4 is 0 Å². The van der Waals surface area contributed by atoms with Crippen molar-refractivity contribution in [3.63, 3.8) is 0 Å². The maximum absolute atomic E-state index is 5.01. The summed E-state index contributed by atoms with van der Waals surface area (Å²) >= 11 is 10.3. The number of thiocarbonyl (C=S) groups is 1. The topological polar surface area (TPSA) is 0 Å². The van der Waals surface area contributed by atoms with Gasteiger partial charge in [0.2, 0.25) is 0 Å². The molecular weight excluding hydrogens is 288 g/mol. The number of rotatable bonds is 10. The Bertz CT molecular complexity index is 149. The molecule has 0 aliphatic rings. The monoisotopic (exact) mass is 310 g/mol. The molecule has 0 aliphatic carbocycles. The third-order valence-corrected chi connectivity index (χ3v) is 4.15. The first-order valence-corrected chi connectivity index (χ1v) is 8.48. The first-order valence-electron chi connectivity index (χ1n) is 5.96. The van der Waals surface area contributed by atoms with Crippen molar-refractivity contribution >= 4 is 44.1 Å². The van der Waals surface area contributed by atoms with Crippen LogP contribution in [0.4, 0.5) is 0 Å². The lowest BCUT2D eigenvalue weighted by Crippen LogP contribution is -1.86. The summed E-state index contributed by atoms with van der Waals surface area (Å²) in [5.41, 5.74) is 0. The molecule has 0 saturated heterocycles. The van der Waals surface area contributed by atoms with Crippen LogP contribution in [0.25, 0.3) is 0 Å². The number of unbranched alkanes of at least 4 members (excludes halogenated alkanes) is 7. The Balaban J connectivity index is 2.89. The minimum absolute atomic E-state index is 1.09. The summed E-state index contributed by atoms with van der Waals surface area (Å²) in [6.07, 6.45) is 11.1. The molecule has 0 fully saturated rings. The Morgan fingerprint density at radius 2 is 1.40 bits per heavy atom. The van der Waals surface area contributed by atoms with Gasteiger partial charge in [0.25, 0.3) is 0 Å². The van der Waals surface area contributed by atoms with E-state index in [-0.39, 0.29) is 0 Å². The number of thioether (sulfide) groups is 1. The smallest absolute Gasteiger partial charge is 0.0447 e. The van der Waals surface area contributed by atoms with E-state index >= 15 is 0 Å². The fourth-order valence-corrected chi connectivity index (χ4v) is 2.76. The molecule has 0 radical (unpaired) electrons. The largest absolute Gasteiger partial charge is 0.119 e. The Kier molecular flexibility index (Phi) is 13.8. The predicted octanol–water partition coefficient (Wildman–Crippen LogP) is 5.58. The zero-order valence-electron chi connectivity index (χ0n) is 9.77. The molecule has 0 heterocycles. The molecule has 0 aromatic heterocycles. The zero-order chi connectivity index (χ0) is 11.4. The first-order chi connectivity index (χ1) is 7.27. The van der Waals surface area contributed by atoms with E-state index in [1.54, 1.807) is 0 Å². The minimum atomic E-state index is 1.09. The standard InChI is InChI=1S/C12H23BrS2/c1-12(14)15-11-9-7-5-3-2-4-6-8-10-13/h2-11H2,1H3. The van der Waals surface area contributed by atoms with Crippen molar-refractivity contribution in [3.05, 3.63) is 0 Å². The molecule has 0 rings (SSSR count). The zero-order valence-corrected chi connectivity index (χ0v) is 13.0. The summed E-state index contributed by atoms with van der Waals surface area (Å²) in [6.45, 7) is 2.02. The second kappa shape index (κ2) is 13.0. The van der Waals surface area contributed by atoms with Crippen LogP contribution in [-0.2, 0) is 0 Å². The van der Waals surface area contributed by atoms with Gasteiger partial charge in [-0.1, -0.05) is 66.7 Å². The van der Waals surface area contributed by atoms with Crippen LogP contribution in [0.2, 0.25) is 0 Å². The summed E-state index contributed by atoms with van der Waals surface area (Å²) in [7, 11) is 0. The Labute approximate surface area is 113 Å². The second-order valence-electron chi connectivity index (χ2n) is 3.86. The van der Waals surface area contributed by atoms with E-state index < -0.39 is 0 Å². The van der Waals surface area contributed by atoms with Gasteiger partial charge < -0.3 is 0 Å². The quantitative estimate of drug-likeness (QED) is 0.293. The van der Waals surface area contributed by atoms with Gasteiger partial charge in [0.15, 0.2) is 0 Å². The van der Waals surface area contributed by atoms with Gasteiger partial charge in [-0.2, -0.15) is 0 Å². The maximum atomic E-state index is 5.01. The SMILES string of the molecule is CC(=S)SCCCCCCCCCCBr. The van der Waals surface area contributed by atoms with E-state index in [1.807, 2.05) is 18.7 Å². The Morgan fingerprint density at radius 1 is 0.933 bits per heavy atom. The lowest BCUT2D eigenvalue weighted by molar-refractivity contribution is 0.588. The van der Waals surface area contributed by atoms with E-state index in [0.29, 0.717) is 0 Å². The van der Waals surface area contributed by atoms with E-state index in [2.05, 4.69) is 15.9 Å². The van der Waals surface area contributed by atoms with Crippen LogP contribution in [0, 0.1) is 0 Å². The number of hydrogen-bond acceptors (Lipinski definition) is 2. The predicted molar refractivity (Wildman–Crippen MR) is 81.5 cm³/mol. The van der Waals surface area contributed by atoms with Crippen LogP contribution in [-0.4, -0.2) is 15.3 Å². The van der Waals surface area contributed by atoms with Crippen molar-refractivity contribution in [2.45, 2.75) is 58.3 Å². The molecule has 90 valence electrons. The van der Waals surface area contributed by atoms with Crippen molar-refractivity contribution in [2.75, 3.05) is 11.1 Å². The molecular formula is C12H23BrS2. The molecule has 0 atom stereocenters. The van der Waals surface area contributed by atoms with Crippen LogP contribution in [0.3, 0.4) is 0 Å². The van der Waals surface area contributed by atoms with E-state index in [4.69, 9.17) is 12.2 Å². The van der Waals surface area contributed by atoms with Crippen LogP contribution in [0.15, 0.2) is 0 Å². The van der Waals surface area contributed by atoms with Crippen molar-refractivity contribution in [2.24, 2.45) is 0 Å². The highest BCUT2D eigenvalue weighted by Crippen LogP contribution is 2.12. The van der Waals surface area contributed by atoms with Crippen LogP contribution in [0.1, 0.15) is 58.3 Å². The summed E-state index contributed by atoms with van der Waals surface area (Å²) in [4.78, 5) is 0. The molecule has 0 amide bonds. The lowest BCUT2D eigenvalue weighted by atomic mass is 10.1. The van der Waals surface area contributed by atoms with Gasteiger partial charge in [-0.05, 0) is 25.5 Å². The first kappa shape index (κ1) is 15.9. The lowest BCUT2D eigenvalue weighted by Gasteiger charge is -2.01. The van der Waals surface area contributed by atoms with Gasteiger partial charge in [-0.15, -0.1) is 11.8 Å². The van der Waals surface area contributed by atoms with Gasteiger partial charge in [0, 0.05) is 9.53 Å². The average Bonchev–Trinajstić information content (AvgIpc) is 2.20. The fraction of sp³-hybridized carbons (Fsp3) is 0.917. The van der Waals surface area contributed by atoms with E-state index in [9.17, 15) is 0 Å². The van der Waals surface area contributed by atoms with Crippen LogP contribution in [0.5, 0.6) is 0 Å². The average molecular weight is 311 g/mol. The van der Waals surface area contributed by atoms with Gasteiger partial charge in [0.1, 0.15) is 0 Å². The Hall–Kier alpha value is 0.920. The van der Waals surface area contributed by atoms with Crippen molar-refractivity contribution in [1.29, 1.82) is 0 Å². The summed E-state index contributed by atoms with van der Waals surface area (Å²) < 4.78 is 1.09. The second-order valence-corrected chi connectivity index (χ2v) is 6.83. The summed E-state index contributed by atoms with van der Waals surface area (Å²) in [5, 5.41) is 1.17. The highest BCUT2D eigenvalue weighted by molar-refractivity contribution is 9.09. The molecule has 0 N–H and O–H groups in total. The third-order valence-electron chi connectivity index (χ3n) is 2.33. The van der Waals surface area contributed by atoms with Crippen molar-refractivity contribution in [3.8, 4) is 0 Å². The number of alkyl halides is 1. The van der Waals surface area contributed by atoms with Crippen LogP contribution >= 0.6 is 39.9 Å². The molecule has 0 unspecified atom stereocenters. The molecule has 0 nitrogen and oxygen atoms in total. The van der Waals surface area contributed by atoms with Crippen molar-refractivity contribution < 1.29 is 0 Å². The van der Waals surface area contributed by atoms with Crippen molar-refractivity contribution in [1.82, 2.24) is 0 Å². The molecule has 3 heteroatoms. The third kappa shape index (κ3) is 14.9. The van der Waals surface area contributed by atoms with E-state index in [1.165, 1.54) is 62.4 Å².